The number of carbonyl (C=O) groups is 1. The molecule has 1 amide bonds. The van der Waals surface area contributed by atoms with Crippen LogP contribution in [-0.2, 0) is 0 Å². The summed E-state index contributed by atoms with van der Waals surface area (Å²) >= 11 is 3.38. The summed E-state index contributed by atoms with van der Waals surface area (Å²) in [6.07, 6.45) is 0. The first-order valence-corrected chi connectivity index (χ1v) is 6.88. The van der Waals surface area contributed by atoms with Gasteiger partial charge < -0.3 is 11.1 Å². The Morgan fingerprint density at radius 3 is 2.75 bits per heavy atom. The molecule has 0 unspecified atom stereocenters. The Kier molecular flexibility index (Phi) is 4.39. The summed E-state index contributed by atoms with van der Waals surface area (Å²) in [6, 6.07) is 11.2. The highest BCUT2D eigenvalue weighted by Crippen LogP contribution is 2.19. The number of benzene rings is 2. The second kappa shape index (κ2) is 6.05. The molecule has 3 N–H and O–H groups in total. The maximum absolute atomic E-state index is 13.2. The Balaban J connectivity index is 2.17. The molecule has 0 aliphatic carbocycles. The standard InChI is InChI=1S/C15H14BrFN2O/c1-9(10-3-2-4-11(16)7-10)19-15(20)13-8-12(17)5-6-14(13)18/h2-9H,18H2,1H3,(H,19,20)/t9-/m1/s1. The average Bonchev–Trinajstić information content (AvgIpc) is 2.41. The molecule has 0 fully saturated rings. The summed E-state index contributed by atoms with van der Waals surface area (Å²) in [5.41, 5.74) is 7.04. The minimum Gasteiger partial charge on any atom is -0.398 e. The molecule has 0 heterocycles. The van der Waals surface area contributed by atoms with Crippen molar-refractivity contribution >= 4 is 27.5 Å². The van der Waals surface area contributed by atoms with E-state index in [1.807, 2.05) is 31.2 Å². The van der Waals surface area contributed by atoms with Crippen molar-refractivity contribution in [2.45, 2.75) is 13.0 Å². The maximum atomic E-state index is 13.2. The Morgan fingerprint density at radius 1 is 1.30 bits per heavy atom. The number of hydrogen-bond donors (Lipinski definition) is 2. The van der Waals surface area contributed by atoms with Crippen LogP contribution >= 0.6 is 15.9 Å². The van der Waals surface area contributed by atoms with Crippen LogP contribution in [0.15, 0.2) is 46.9 Å². The lowest BCUT2D eigenvalue weighted by Crippen LogP contribution is -2.27. The molecule has 0 spiro atoms. The van der Waals surface area contributed by atoms with E-state index in [4.69, 9.17) is 5.73 Å². The molecule has 1 atom stereocenters. The first kappa shape index (κ1) is 14.5. The van der Waals surface area contributed by atoms with Gasteiger partial charge in [-0.1, -0.05) is 28.1 Å². The third-order valence-corrected chi connectivity index (χ3v) is 3.45. The molecule has 0 aromatic heterocycles. The first-order chi connectivity index (χ1) is 9.47. The van der Waals surface area contributed by atoms with Gasteiger partial charge in [0.15, 0.2) is 0 Å². The largest absolute Gasteiger partial charge is 0.398 e. The molecule has 2 aromatic rings. The average molecular weight is 337 g/mol. The van der Waals surface area contributed by atoms with Gasteiger partial charge in [-0.2, -0.15) is 0 Å². The molecule has 0 radical (unpaired) electrons. The van der Waals surface area contributed by atoms with E-state index in [2.05, 4.69) is 21.2 Å². The number of halogens is 2. The molecule has 3 nitrogen and oxygen atoms in total. The van der Waals surface area contributed by atoms with Crippen molar-refractivity contribution in [1.82, 2.24) is 5.32 Å². The Bertz CT molecular complexity index is 646. The van der Waals surface area contributed by atoms with Crippen LogP contribution in [0.25, 0.3) is 0 Å². The van der Waals surface area contributed by atoms with Gasteiger partial charge in [0.05, 0.1) is 11.6 Å². The van der Waals surface area contributed by atoms with E-state index in [1.165, 1.54) is 12.1 Å². The van der Waals surface area contributed by atoms with E-state index in [-0.39, 0.29) is 17.3 Å². The molecule has 2 rings (SSSR count). The second-order valence-electron chi connectivity index (χ2n) is 4.48. The number of nitrogens with two attached hydrogens (primary N) is 1. The summed E-state index contributed by atoms with van der Waals surface area (Å²) in [6.45, 7) is 1.86. The molecular formula is C15H14BrFN2O. The number of rotatable bonds is 3. The van der Waals surface area contributed by atoms with Crippen LogP contribution in [0.3, 0.4) is 0 Å². The summed E-state index contributed by atoms with van der Waals surface area (Å²) < 4.78 is 14.1. The van der Waals surface area contributed by atoms with Crippen molar-refractivity contribution in [3.8, 4) is 0 Å². The number of nitrogens with one attached hydrogen (secondary N) is 1. The minimum atomic E-state index is -0.487. The SMILES string of the molecule is C[C@@H](NC(=O)c1cc(F)ccc1N)c1cccc(Br)c1. The molecule has 2 aromatic carbocycles. The van der Waals surface area contributed by atoms with Gasteiger partial charge in [0, 0.05) is 10.2 Å². The zero-order valence-electron chi connectivity index (χ0n) is 10.9. The van der Waals surface area contributed by atoms with Crippen LogP contribution in [0.4, 0.5) is 10.1 Å². The lowest BCUT2D eigenvalue weighted by Gasteiger charge is -2.15. The highest BCUT2D eigenvalue weighted by molar-refractivity contribution is 9.10. The van der Waals surface area contributed by atoms with E-state index in [0.717, 1.165) is 16.1 Å². The second-order valence-corrected chi connectivity index (χ2v) is 5.40. The molecule has 0 saturated carbocycles. The number of carbonyl (C=O) groups excluding carboxylic acids is 1. The monoisotopic (exact) mass is 336 g/mol. The van der Waals surface area contributed by atoms with Crippen molar-refractivity contribution in [2.75, 3.05) is 5.73 Å². The first-order valence-electron chi connectivity index (χ1n) is 6.08. The lowest BCUT2D eigenvalue weighted by atomic mass is 10.1. The molecule has 0 aliphatic heterocycles. The van der Waals surface area contributed by atoms with Gasteiger partial charge in [-0.05, 0) is 42.8 Å². The quantitative estimate of drug-likeness (QED) is 0.840. The molecule has 0 saturated heterocycles. The van der Waals surface area contributed by atoms with Crippen LogP contribution in [0, 0.1) is 5.82 Å². The summed E-state index contributed by atoms with van der Waals surface area (Å²) in [5.74, 6) is -0.881. The van der Waals surface area contributed by atoms with Crippen molar-refractivity contribution in [3.05, 3.63) is 63.9 Å². The van der Waals surface area contributed by atoms with E-state index in [1.54, 1.807) is 0 Å². The fourth-order valence-corrected chi connectivity index (χ4v) is 2.28. The van der Waals surface area contributed by atoms with Crippen molar-refractivity contribution in [1.29, 1.82) is 0 Å². The Hall–Kier alpha value is -1.88. The minimum absolute atomic E-state index is 0.145. The van der Waals surface area contributed by atoms with Crippen molar-refractivity contribution < 1.29 is 9.18 Å². The Labute approximate surface area is 125 Å². The molecule has 0 aliphatic rings. The predicted octanol–water partition coefficient (Wildman–Crippen LogP) is 3.66. The van der Waals surface area contributed by atoms with Crippen LogP contribution in [0.2, 0.25) is 0 Å². The van der Waals surface area contributed by atoms with Crippen LogP contribution < -0.4 is 11.1 Å². The summed E-state index contributed by atoms with van der Waals surface area (Å²) in [5, 5.41) is 2.80. The summed E-state index contributed by atoms with van der Waals surface area (Å²) in [4.78, 5) is 12.1. The Morgan fingerprint density at radius 2 is 2.05 bits per heavy atom. The van der Waals surface area contributed by atoms with E-state index >= 15 is 0 Å². The van der Waals surface area contributed by atoms with E-state index in [9.17, 15) is 9.18 Å². The molecular weight excluding hydrogens is 323 g/mol. The fraction of sp³-hybridized carbons (Fsp3) is 0.133. The number of amides is 1. The lowest BCUT2D eigenvalue weighted by molar-refractivity contribution is 0.0940. The maximum Gasteiger partial charge on any atom is 0.253 e. The third-order valence-electron chi connectivity index (χ3n) is 2.96. The number of anilines is 1. The van der Waals surface area contributed by atoms with Gasteiger partial charge in [-0.15, -0.1) is 0 Å². The van der Waals surface area contributed by atoms with Crippen LogP contribution in [-0.4, -0.2) is 5.91 Å². The van der Waals surface area contributed by atoms with E-state index in [0.29, 0.717) is 0 Å². The third kappa shape index (κ3) is 3.36. The molecule has 20 heavy (non-hydrogen) atoms. The fourth-order valence-electron chi connectivity index (χ4n) is 1.86. The van der Waals surface area contributed by atoms with Gasteiger partial charge in [0.2, 0.25) is 0 Å². The highest BCUT2D eigenvalue weighted by Gasteiger charge is 2.14. The highest BCUT2D eigenvalue weighted by atomic mass is 79.9. The van der Waals surface area contributed by atoms with Gasteiger partial charge >= 0.3 is 0 Å². The summed E-state index contributed by atoms with van der Waals surface area (Å²) in [7, 11) is 0. The zero-order chi connectivity index (χ0) is 14.7. The topological polar surface area (TPSA) is 55.1 Å². The molecule has 5 heteroatoms. The smallest absolute Gasteiger partial charge is 0.253 e. The van der Waals surface area contributed by atoms with Gasteiger partial charge in [-0.3, -0.25) is 4.79 Å². The zero-order valence-corrected chi connectivity index (χ0v) is 12.4. The predicted molar refractivity (Wildman–Crippen MR) is 80.8 cm³/mol. The number of hydrogen-bond acceptors (Lipinski definition) is 2. The van der Waals surface area contributed by atoms with Gasteiger partial charge in [0.1, 0.15) is 5.82 Å². The molecule has 0 bridgehead atoms. The van der Waals surface area contributed by atoms with Crippen LogP contribution in [0.1, 0.15) is 28.9 Å². The number of nitrogen functional groups attached to an aromatic ring is 1. The normalized spacial score (nSPS) is 11.9. The van der Waals surface area contributed by atoms with Crippen LogP contribution in [0.5, 0.6) is 0 Å². The van der Waals surface area contributed by atoms with E-state index < -0.39 is 11.7 Å². The van der Waals surface area contributed by atoms with Crippen molar-refractivity contribution in [3.63, 3.8) is 0 Å². The molecule has 104 valence electrons. The van der Waals surface area contributed by atoms with Gasteiger partial charge in [0.25, 0.3) is 5.91 Å². The van der Waals surface area contributed by atoms with Gasteiger partial charge in [-0.25, -0.2) is 4.39 Å². The van der Waals surface area contributed by atoms with Crippen molar-refractivity contribution in [2.24, 2.45) is 0 Å².